The van der Waals surface area contributed by atoms with Gasteiger partial charge in [-0.05, 0) is 44.4 Å². The van der Waals surface area contributed by atoms with Crippen LogP contribution >= 0.6 is 0 Å². The van der Waals surface area contributed by atoms with Gasteiger partial charge < -0.3 is 9.47 Å². The maximum absolute atomic E-state index is 12.6. The van der Waals surface area contributed by atoms with E-state index in [2.05, 4.69) is 20.8 Å². The van der Waals surface area contributed by atoms with Crippen LogP contribution in [0.15, 0.2) is 0 Å². The summed E-state index contributed by atoms with van der Waals surface area (Å²) in [5.74, 6) is -0.598. The number of hydrogen-bond donors (Lipinski definition) is 0. The molecule has 136 valence electrons. The second-order valence-corrected chi connectivity index (χ2v) is 8.53. The monoisotopic (exact) mass is 328 g/mol. The van der Waals surface area contributed by atoms with Crippen LogP contribution < -0.4 is 0 Å². The minimum atomic E-state index is -0.568. The van der Waals surface area contributed by atoms with E-state index in [9.17, 15) is 9.59 Å². The molecule has 0 aliphatic rings. The Morgan fingerprint density at radius 1 is 0.957 bits per heavy atom. The Bertz CT molecular complexity index is 398. The van der Waals surface area contributed by atoms with Gasteiger partial charge in [0.05, 0.1) is 5.41 Å². The summed E-state index contributed by atoms with van der Waals surface area (Å²) < 4.78 is 10.7. The summed E-state index contributed by atoms with van der Waals surface area (Å²) in [5, 5.41) is 0. The van der Waals surface area contributed by atoms with Gasteiger partial charge in [-0.15, -0.1) is 0 Å². The van der Waals surface area contributed by atoms with E-state index in [1.807, 2.05) is 41.5 Å². The van der Waals surface area contributed by atoms with E-state index in [4.69, 9.17) is 9.47 Å². The van der Waals surface area contributed by atoms with Gasteiger partial charge in [-0.2, -0.15) is 0 Å². The van der Waals surface area contributed by atoms with Crippen LogP contribution in [-0.4, -0.2) is 24.1 Å². The van der Waals surface area contributed by atoms with Crippen molar-refractivity contribution in [2.75, 3.05) is 6.61 Å². The lowest BCUT2D eigenvalue weighted by Gasteiger charge is -2.35. The molecule has 23 heavy (non-hydrogen) atoms. The Balaban J connectivity index is 4.81. The smallest absolute Gasteiger partial charge is 0.344 e. The summed E-state index contributed by atoms with van der Waals surface area (Å²) in [6.45, 7) is 17.7. The number of esters is 2. The SMILES string of the molecule is CCC(CC)(CC(C)(C)C)C(=O)OCC(=O)OC(C)(C)C(C)C. The van der Waals surface area contributed by atoms with Crippen molar-refractivity contribution in [1.82, 2.24) is 0 Å². The number of ether oxygens (including phenoxy) is 2. The van der Waals surface area contributed by atoms with Crippen LogP contribution in [0.1, 0.15) is 81.6 Å². The highest BCUT2D eigenvalue weighted by atomic mass is 16.6. The quantitative estimate of drug-likeness (QED) is 0.603. The van der Waals surface area contributed by atoms with Crippen LogP contribution in [0.2, 0.25) is 0 Å². The molecule has 0 saturated carbocycles. The molecule has 0 radical (unpaired) electrons. The maximum Gasteiger partial charge on any atom is 0.344 e. The molecule has 0 N–H and O–H groups in total. The molecule has 0 bridgehead atoms. The Morgan fingerprint density at radius 2 is 1.43 bits per heavy atom. The molecule has 0 aromatic carbocycles. The standard InChI is InChI=1S/C19H36O4/c1-10-19(11-2,13-17(5,6)7)16(21)22-12-15(20)23-18(8,9)14(3)4/h14H,10-13H2,1-9H3. The molecule has 0 atom stereocenters. The third-order valence-electron chi connectivity index (χ3n) is 4.74. The molecule has 0 fully saturated rings. The molecular weight excluding hydrogens is 292 g/mol. The number of carbonyl (C=O) groups excluding carboxylic acids is 2. The lowest BCUT2D eigenvalue weighted by molar-refractivity contribution is -0.176. The third-order valence-corrected chi connectivity index (χ3v) is 4.74. The maximum atomic E-state index is 12.6. The van der Waals surface area contributed by atoms with E-state index < -0.39 is 17.0 Å². The summed E-state index contributed by atoms with van der Waals surface area (Å²) in [4.78, 5) is 24.5. The molecular formula is C19H36O4. The lowest BCUT2D eigenvalue weighted by atomic mass is 9.70. The van der Waals surface area contributed by atoms with Crippen LogP contribution in [0.4, 0.5) is 0 Å². The molecule has 0 unspecified atom stereocenters. The van der Waals surface area contributed by atoms with Crippen molar-refractivity contribution in [3.05, 3.63) is 0 Å². The first-order valence-corrected chi connectivity index (χ1v) is 8.68. The van der Waals surface area contributed by atoms with E-state index in [0.29, 0.717) is 12.8 Å². The first kappa shape index (κ1) is 21.9. The average Bonchev–Trinajstić information content (AvgIpc) is 2.40. The molecule has 0 saturated heterocycles. The predicted molar refractivity (Wildman–Crippen MR) is 93.1 cm³/mol. The zero-order chi connectivity index (χ0) is 18.5. The van der Waals surface area contributed by atoms with Crippen LogP contribution in [-0.2, 0) is 19.1 Å². The summed E-state index contributed by atoms with van der Waals surface area (Å²) in [7, 11) is 0. The van der Waals surface area contributed by atoms with Crippen molar-refractivity contribution in [3.8, 4) is 0 Å². The van der Waals surface area contributed by atoms with Gasteiger partial charge >= 0.3 is 11.9 Å². The van der Waals surface area contributed by atoms with Gasteiger partial charge in [0.25, 0.3) is 0 Å². The normalized spacial score (nSPS) is 13.1. The Labute approximate surface area is 142 Å². The van der Waals surface area contributed by atoms with Gasteiger partial charge in [0, 0.05) is 0 Å². The molecule has 0 aromatic heterocycles. The zero-order valence-electron chi connectivity index (χ0n) is 16.5. The van der Waals surface area contributed by atoms with Gasteiger partial charge in [0.15, 0.2) is 6.61 Å². The Kier molecular flexibility index (Phi) is 7.79. The molecule has 0 aliphatic carbocycles. The van der Waals surface area contributed by atoms with E-state index in [0.717, 1.165) is 6.42 Å². The molecule has 0 spiro atoms. The predicted octanol–water partition coefficient (Wildman–Crippen LogP) is 4.75. The fourth-order valence-electron chi connectivity index (χ4n) is 2.59. The number of rotatable bonds is 8. The second kappa shape index (κ2) is 8.16. The molecule has 4 nitrogen and oxygen atoms in total. The van der Waals surface area contributed by atoms with Crippen LogP contribution in [0.25, 0.3) is 0 Å². The molecule has 0 amide bonds. The van der Waals surface area contributed by atoms with E-state index in [-0.39, 0.29) is 23.9 Å². The lowest BCUT2D eigenvalue weighted by Crippen LogP contribution is -2.39. The topological polar surface area (TPSA) is 52.6 Å². The molecule has 4 heteroatoms. The van der Waals surface area contributed by atoms with Crippen molar-refractivity contribution >= 4 is 11.9 Å². The molecule has 0 aromatic rings. The summed E-state index contributed by atoms with van der Waals surface area (Å²) in [6.07, 6.45) is 2.14. The van der Waals surface area contributed by atoms with Crippen LogP contribution in [0.5, 0.6) is 0 Å². The second-order valence-electron chi connectivity index (χ2n) is 8.53. The fourth-order valence-corrected chi connectivity index (χ4v) is 2.59. The van der Waals surface area contributed by atoms with Crippen molar-refractivity contribution in [2.45, 2.75) is 87.2 Å². The van der Waals surface area contributed by atoms with Gasteiger partial charge in [0.1, 0.15) is 5.60 Å². The van der Waals surface area contributed by atoms with E-state index in [1.54, 1.807) is 0 Å². The van der Waals surface area contributed by atoms with E-state index in [1.165, 1.54) is 0 Å². The zero-order valence-corrected chi connectivity index (χ0v) is 16.5. The van der Waals surface area contributed by atoms with Crippen molar-refractivity contribution in [2.24, 2.45) is 16.7 Å². The summed E-state index contributed by atoms with van der Waals surface area (Å²) in [6, 6.07) is 0. The Hall–Kier alpha value is -1.06. The minimum absolute atomic E-state index is 0.0190. The highest BCUT2D eigenvalue weighted by Crippen LogP contribution is 2.40. The highest BCUT2D eigenvalue weighted by molar-refractivity contribution is 5.80. The fraction of sp³-hybridized carbons (Fsp3) is 0.895. The largest absolute Gasteiger partial charge is 0.457 e. The number of hydrogen-bond acceptors (Lipinski definition) is 4. The van der Waals surface area contributed by atoms with Gasteiger partial charge in [0.2, 0.25) is 0 Å². The van der Waals surface area contributed by atoms with Gasteiger partial charge in [-0.25, -0.2) is 4.79 Å². The molecule has 0 heterocycles. The number of carbonyl (C=O) groups is 2. The van der Waals surface area contributed by atoms with Gasteiger partial charge in [-0.3, -0.25) is 4.79 Å². The van der Waals surface area contributed by atoms with Crippen molar-refractivity contribution < 1.29 is 19.1 Å². The van der Waals surface area contributed by atoms with Crippen molar-refractivity contribution in [1.29, 1.82) is 0 Å². The first-order chi connectivity index (χ1) is 10.3. The average molecular weight is 328 g/mol. The first-order valence-electron chi connectivity index (χ1n) is 8.68. The minimum Gasteiger partial charge on any atom is -0.457 e. The van der Waals surface area contributed by atoms with Crippen molar-refractivity contribution in [3.63, 3.8) is 0 Å². The highest BCUT2D eigenvalue weighted by Gasteiger charge is 2.40. The van der Waals surface area contributed by atoms with Crippen LogP contribution in [0.3, 0.4) is 0 Å². The summed E-state index contributed by atoms with van der Waals surface area (Å²) in [5.41, 5.74) is -1.08. The third kappa shape index (κ3) is 6.92. The van der Waals surface area contributed by atoms with Gasteiger partial charge in [-0.1, -0.05) is 48.5 Å². The molecule has 0 aliphatic heterocycles. The van der Waals surface area contributed by atoms with Crippen LogP contribution in [0, 0.1) is 16.7 Å². The van der Waals surface area contributed by atoms with E-state index >= 15 is 0 Å². The summed E-state index contributed by atoms with van der Waals surface area (Å²) >= 11 is 0. The Morgan fingerprint density at radius 3 is 1.78 bits per heavy atom. The molecule has 0 rings (SSSR count).